The molecule has 1 fully saturated rings. The quantitative estimate of drug-likeness (QED) is 0.868. The molecule has 2 atom stereocenters. The molecule has 1 aromatic carbocycles. The van der Waals surface area contributed by atoms with Crippen LogP contribution in [0.15, 0.2) is 24.3 Å². The van der Waals surface area contributed by atoms with Gasteiger partial charge in [0.05, 0.1) is 12.7 Å². The van der Waals surface area contributed by atoms with Crippen LogP contribution in [0.4, 0.5) is 0 Å². The van der Waals surface area contributed by atoms with Crippen LogP contribution in [0.25, 0.3) is 0 Å². The zero-order valence-electron chi connectivity index (χ0n) is 12.7. The van der Waals surface area contributed by atoms with Crippen LogP contribution in [0.2, 0.25) is 0 Å². The highest BCUT2D eigenvalue weighted by atomic mass is 16.5. The second-order valence-electron chi connectivity index (χ2n) is 5.98. The average Bonchev–Trinajstić information content (AvgIpc) is 2.46. The van der Waals surface area contributed by atoms with Crippen molar-refractivity contribution in [3.63, 3.8) is 0 Å². The van der Waals surface area contributed by atoms with E-state index in [9.17, 15) is 5.11 Å². The van der Waals surface area contributed by atoms with Gasteiger partial charge in [-0.25, -0.2) is 0 Å². The van der Waals surface area contributed by atoms with Gasteiger partial charge in [0.25, 0.3) is 0 Å². The van der Waals surface area contributed by atoms with Gasteiger partial charge in [-0.1, -0.05) is 29.8 Å². The molecular weight excluding hydrogens is 250 g/mol. The minimum atomic E-state index is -0.349. The summed E-state index contributed by atoms with van der Waals surface area (Å²) in [5.74, 6) is 0.658. The molecule has 1 aliphatic heterocycles. The van der Waals surface area contributed by atoms with Crippen LogP contribution in [0.5, 0.6) is 0 Å². The molecule has 2 unspecified atom stereocenters. The number of ether oxygens (including phenoxy) is 1. The Bertz CT molecular complexity index is 388. The molecule has 0 aromatic heterocycles. The van der Waals surface area contributed by atoms with Crippen LogP contribution in [-0.2, 0) is 4.74 Å². The molecule has 0 spiro atoms. The first-order valence-corrected chi connectivity index (χ1v) is 7.65. The molecule has 3 nitrogen and oxygen atoms in total. The first-order valence-electron chi connectivity index (χ1n) is 7.65. The maximum Gasteiger partial charge on any atom is 0.0802 e. The van der Waals surface area contributed by atoms with Gasteiger partial charge in [-0.15, -0.1) is 0 Å². The number of nitrogens with zero attached hydrogens (tertiary/aromatic N) is 1. The van der Waals surface area contributed by atoms with Crippen LogP contribution < -0.4 is 0 Å². The molecule has 2 rings (SSSR count). The summed E-state index contributed by atoms with van der Waals surface area (Å²) in [5.41, 5.74) is 2.26. The van der Waals surface area contributed by atoms with E-state index in [1.807, 2.05) is 12.1 Å². The van der Waals surface area contributed by atoms with Crippen molar-refractivity contribution in [2.24, 2.45) is 5.92 Å². The number of piperidine rings is 1. The SMILES string of the molecule is COCC1CCCN(CCC(O)c2ccc(C)cc2)C1. The molecule has 3 heteroatoms. The first kappa shape index (κ1) is 15.5. The van der Waals surface area contributed by atoms with Crippen molar-refractivity contribution >= 4 is 0 Å². The number of aryl methyl sites for hydroxylation is 1. The third-order valence-corrected chi connectivity index (χ3v) is 4.19. The van der Waals surface area contributed by atoms with E-state index in [4.69, 9.17) is 4.74 Å². The second-order valence-corrected chi connectivity index (χ2v) is 5.98. The van der Waals surface area contributed by atoms with Crippen molar-refractivity contribution < 1.29 is 9.84 Å². The van der Waals surface area contributed by atoms with E-state index >= 15 is 0 Å². The number of aliphatic hydroxyl groups excluding tert-OH is 1. The highest BCUT2D eigenvalue weighted by molar-refractivity contribution is 5.23. The lowest BCUT2D eigenvalue weighted by atomic mass is 9.98. The van der Waals surface area contributed by atoms with Crippen molar-refractivity contribution in [2.75, 3.05) is 33.4 Å². The number of hydrogen-bond donors (Lipinski definition) is 1. The molecule has 0 amide bonds. The largest absolute Gasteiger partial charge is 0.388 e. The second kappa shape index (κ2) is 7.77. The molecule has 1 aliphatic rings. The minimum absolute atomic E-state index is 0.349. The number of benzene rings is 1. The van der Waals surface area contributed by atoms with Crippen LogP contribution in [0.1, 0.15) is 36.5 Å². The van der Waals surface area contributed by atoms with Crippen molar-refractivity contribution in [2.45, 2.75) is 32.3 Å². The summed E-state index contributed by atoms with van der Waals surface area (Å²) in [6.07, 6.45) is 2.97. The molecule has 20 heavy (non-hydrogen) atoms. The third kappa shape index (κ3) is 4.58. The van der Waals surface area contributed by atoms with Gasteiger partial charge in [-0.3, -0.25) is 0 Å². The Kier molecular flexibility index (Phi) is 6.02. The fraction of sp³-hybridized carbons (Fsp3) is 0.647. The smallest absolute Gasteiger partial charge is 0.0802 e. The van der Waals surface area contributed by atoms with E-state index in [1.165, 1.54) is 18.4 Å². The molecule has 1 saturated heterocycles. The predicted octanol–water partition coefficient (Wildman–Crippen LogP) is 2.78. The Morgan fingerprint density at radius 3 is 2.80 bits per heavy atom. The van der Waals surface area contributed by atoms with Crippen molar-refractivity contribution in [3.8, 4) is 0 Å². The predicted molar refractivity (Wildman–Crippen MR) is 81.8 cm³/mol. The minimum Gasteiger partial charge on any atom is -0.388 e. The van der Waals surface area contributed by atoms with E-state index in [-0.39, 0.29) is 6.10 Å². The molecule has 1 heterocycles. The van der Waals surface area contributed by atoms with Crippen LogP contribution >= 0.6 is 0 Å². The number of hydrogen-bond acceptors (Lipinski definition) is 3. The molecule has 0 aliphatic carbocycles. The molecule has 1 N–H and O–H groups in total. The molecule has 112 valence electrons. The maximum absolute atomic E-state index is 10.3. The number of likely N-dealkylation sites (tertiary alicyclic amines) is 1. The Labute approximate surface area is 122 Å². The monoisotopic (exact) mass is 277 g/mol. The zero-order valence-corrected chi connectivity index (χ0v) is 12.7. The van der Waals surface area contributed by atoms with Gasteiger partial charge in [-0.2, -0.15) is 0 Å². The lowest BCUT2D eigenvalue weighted by molar-refractivity contribution is 0.0779. The van der Waals surface area contributed by atoms with Gasteiger partial charge < -0.3 is 14.7 Å². The third-order valence-electron chi connectivity index (χ3n) is 4.19. The topological polar surface area (TPSA) is 32.7 Å². The normalized spacial score (nSPS) is 21.9. The van der Waals surface area contributed by atoms with Crippen molar-refractivity contribution in [1.82, 2.24) is 4.90 Å². The maximum atomic E-state index is 10.3. The Morgan fingerprint density at radius 1 is 1.35 bits per heavy atom. The fourth-order valence-corrected chi connectivity index (χ4v) is 2.99. The van der Waals surface area contributed by atoms with Gasteiger partial charge in [0.1, 0.15) is 0 Å². The molecule has 0 radical (unpaired) electrons. The lowest BCUT2D eigenvalue weighted by Gasteiger charge is -2.32. The lowest BCUT2D eigenvalue weighted by Crippen LogP contribution is -2.38. The van der Waals surface area contributed by atoms with Gasteiger partial charge >= 0.3 is 0 Å². The van der Waals surface area contributed by atoms with Gasteiger partial charge in [0.2, 0.25) is 0 Å². The van der Waals surface area contributed by atoms with Crippen LogP contribution in [0, 0.1) is 12.8 Å². The van der Waals surface area contributed by atoms with Crippen LogP contribution in [0.3, 0.4) is 0 Å². The zero-order chi connectivity index (χ0) is 14.4. The van der Waals surface area contributed by atoms with Crippen molar-refractivity contribution in [3.05, 3.63) is 35.4 Å². The molecule has 0 saturated carbocycles. The highest BCUT2D eigenvalue weighted by Gasteiger charge is 2.20. The van der Waals surface area contributed by atoms with Crippen LogP contribution in [-0.4, -0.2) is 43.4 Å². The summed E-state index contributed by atoms with van der Waals surface area (Å²) in [6.45, 7) is 6.15. The average molecular weight is 277 g/mol. The van der Waals surface area contributed by atoms with E-state index in [0.29, 0.717) is 5.92 Å². The molecule has 1 aromatic rings. The summed E-state index contributed by atoms with van der Waals surface area (Å²) < 4.78 is 5.26. The highest BCUT2D eigenvalue weighted by Crippen LogP contribution is 2.21. The summed E-state index contributed by atoms with van der Waals surface area (Å²) in [7, 11) is 1.78. The van der Waals surface area contributed by atoms with Gasteiger partial charge in [0, 0.05) is 20.2 Å². The van der Waals surface area contributed by atoms with E-state index in [0.717, 1.165) is 38.2 Å². The van der Waals surface area contributed by atoms with Gasteiger partial charge in [0.15, 0.2) is 0 Å². The Morgan fingerprint density at radius 2 is 2.10 bits per heavy atom. The van der Waals surface area contributed by atoms with E-state index < -0.39 is 0 Å². The summed E-state index contributed by atoms with van der Waals surface area (Å²) in [6, 6.07) is 8.19. The fourth-order valence-electron chi connectivity index (χ4n) is 2.99. The summed E-state index contributed by atoms with van der Waals surface area (Å²) in [4.78, 5) is 2.46. The van der Waals surface area contributed by atoms with E-state index in [1.54, 1.807) is 7.11 Å². The number of methoxy groups -OCH3 is 1. The van der Waals surface area contributed by atoms with Crippen molar-refractivity contribution in [1.29, 1.82) is 0 Å². The summed E-state index contributed by atoms with van der Waals surface area (Å²) >= 11 is 0. The molecular formula is C17H27NO2. The molecule has 0 bridgehead atoms. The van der Waals surface area contributed by atoms with Gasteiger partial charge in [-0.05, 0) is 44.2 Å². The summed E-state index contributed by atoms with van der Waals surface area (Å²) in [5, 5.41) is 10.3. The first-order chi connectivity index (χ1) is 9.69. The Hall–Kier alpha value is -0.900. The van der Waals surface area contributed by atoms with E-state index in [2.05, 4.69) is 24.0 Å². The number of rotatable bonds is 6. The number of aliphatic hydroxyl groups is 1. The Balaban J connectivity index is 1.78. The standard InChI is InChI=1S/C17H27NO2/c1-14-5-7-16(8-6-14)17(19)9-11-18-10-3-4-15(12-18)13-20-2/h5-8,15,17,19H,3-4,9-13H2,1-2H3.